The van der Waals surface area contributed by atoms with E-state index in [9.17, 15) is 4.79 Å². The van der Waals surface area contributed by atoms with E-state index in [1.165, 1.54) is 11.1 Å². The molecule has 1 N–H and O–H groups in total. The van der Waals surface area contributed by atoms with E-state index in [0.29, 0.717) is 5.92 Å². The van der Waals surface area contributed by atoms with Crippen molar-refractivity contribution in [2.24, 2.45) is 11.8 Å². The summed E-state index contributed by atoms with van der Waals surface area (Å²) in [6, 6.07) is 8.55. The van der Waals surface area contributed by atoms with Crippen LogP contribution in [0.1, 0.15) is 38.3 Å². The Morgan fingerprint density at radius 3 is 1.94 bits per heavy atom. The minimum absolute atomic E-state index is 0.198. The predicted molar refractivity (Wildman–Crippen MR) is 70.1 cm³/mol. The van der Waals surface area contributed by atoms with Crippen LogP contribution in [0.4, 0.5) is 0 Å². The van der Waals surface area contributed by atoms with Gasteiger partial charge >= 0.3 is 5.97 Å². The van der Waals surface area contributed by atoms with Crippen LogP contribution >= 0.6 is 0 Å². The van der Waals surface area contributed by atoms with Crippen molar-refractivity contribution in [1.82, 2.24) is 0 Å². The zero-order chi connectivity index (χ0) is 12.8. The van der Waals surface area contributed by atoms with E-state index in [4.69, 9.17) is 5.11 Å². The van der Waals surface area contributed by atoms with Crippen LogP contribution in [-0.4, -0.2) is 11.1 Å². The number of carboxylic acids is 1. The highest BCUT2D eigenvalue weighted by atomic mass is 16.4. The average Bonchev–Trinajstić information content (AvgIpc) is 2.18. The second-order valence-electron chi connectivity index (χ2n) is 5.32. The zero-order valence-corrected chi connectivity index (χ0v) is 10.9. The van der Waals surface area contributed by atoms with E-state index < -0.39 is 5.97 Å². The van der Waals surface area contributed by atoms with Gasteiger partial charge in [0, 0.05) is 6.42 Å². The predicted octanol–water partition coefficient (Wildman–Crippen LogP) is 3.54. The summed E-state index contributed by atoms with van der Waals surface area (Å²) < 4.78 is 0. The molecule has 2 nitrogen and oxygen atoms in total. The van der Waals surface area contributed by atoms with Crippen LogP contribution in [0.5, 0.6) is 0 Å². The first-order chi connectivity index (χ1) is 7.97. The maximum absolute atomic E-state index is 10.6. The summed E-state index contributed by atoms with van der Waals surface area (Å²) in [6.45, 7) is 6.40. The third-order valence-corrected chi connectivity index (χ3v) is 2.77. The molecular weight excluding hydrogens is 212 g/mol. The number of carboxylic acid groups (broad SMARTS) is 1. The first kappa shape index (κ1) is 13.8. The maximum Gasteiger partial charge on any atom is 0.303 e. The minimum atomic E-state index is -0.714. The van der Waals surface area contributed by atoms with Crippen molar-refractivity contribution in [3.8, 4) is 0 Å². The Morgan fingerprint density at radius 1 is 1.06 bits per heavy atom. The monoisotopic (exact) mass is 234 g/mol. The molecule has 0 aliphatic carbocycles. The fourth-order valence-corrected chi connectivity index (χ4v) is 2.06. The van der Waals surface area contributed by atoms with Crippen molar-refractivity contribution in [3.63, 3.8) is 0 Å². The first-order valence-electron chi connectivity index (χ1n) is 6.27. The van der Waals surface area contributed by atoms with E-state index in [1.54, 1.807) is 0 Å². The smallest absolute Gasteiger partial charge is 0.303 e. The van der Waals surface area contributed by atoms with E-state index in [-0.39, 0.29) is 12.3 Å². The summed E-state index contributed by atoms with van der Waals surface area (Å²) in [5, 5.41) is 8.71. The SMILES string of the molecule is CC(C)Cc1ccc(CC(C)CC(=O)O)cc1. The summed E-state index contributed by atoms with van der Waals surface area (Å²) in [7, 11) is 0. The number of benzene rings is 1. The summed E-state index contributed by atoms with van der Waals surface area (Å²) in [5.41, 5.74) is 2.58. The Kier molecular flexibility index (Phi) is 5.20. The molecule has 1 rings (SSSR count). The van der Waals surface area contributed by atoms with Gasteiger partial charge in [0.2, 0.25) is 0 Å². The summed E-state index contributed by atoms with van der Waals surface area (Å²) >= 11 is 0. The van der Waals surface area contributed by atoms with Gasteiger partial charge in [-0.15, -0.1) is 0 Å². The highest BCUT2D eigenvalue weighted by molar-refractivity contribution is 5.67. The average molecular weight is 234 g/mol. The van der Waals surface area contributed by atoms with Gasteiger partial charge in [-0.3, -0.25) is 4.79 Å². The van der Waals surface area contributed by atoms with Crippen molar-refractivity contribution in [3.05, 3.63) is 35.4 Å². The van der Waals surface area contributed by atoms with Crippen LogP contribution in [0.2, 0.25) is 0 Å². The lowest BCUT2D eigenvalue weighted by Crippen LogP contribution is -2.07. The molecule has 2 heteroatoms. The number of aliphatic carboxylic acids is 1. The number of carbonyl (C=O) groups is 1. The summed E-state index contributed by atoms with van der Waals surface area (Å²) in [6.07, 6.45) is 2.19. The molecular formula is C15H22O2. The third kappa shape index (κ3) is 5.53. The third-order valence-electron chi connectivity index (χ3n) is 2.77. The molecule has 0 fully saturated rings. The Hall–Kier alpha value is -1.31. The molecule has 0 spiro atoms. The number of hydrogen-bond donors (Lipinski definition) is 1. The fourth-order valence-electron chi connectivity index (χ4n) is 2.06. The van der Waals surface area contributed by atoms with Gasteiger partial charge in [-0.05, 0) is 35.8 Å². The molecule has 0 bridgehead atoms. The van der Waals surface area contributed by atoms with Crippen molar-refractivity contribution < 1.29 is 9.90 Å². The minimum Gasteiger partial charge on any atom is -0.481 e. The topological polar surface area (TPSA) is 37.3 Å². The van der Waals surface area contributed by atoms with Gasteiger partial charge in [-0.25, -0.2) is 0 Å². The number of rotatable bonds is 6. The molecule has 94 valence electrons. The highest BCUT2D eigenvalue weighted by Gasteiger charge is 2.08. The molecule has 0 amide bonds. The normalized spacial score (nSPS) is 12.7. The molecule has 0 saturated carbocycles. The molecule has 17 heavy (non-hydrogen) atoms. The van der Waals surface area contributed by atoms with Crippen molar-refractivity contribution in [1.29, 1.82) is 0 Å². The summed E-state index contributed by atoms with van der Waals surface area (Å²) in [5.74, 6) is 0.157. The first-order valence-corrected chi connectivity index (χ1v) is 6.27. The quantitative estimate of drug-likeness (QED) is 0.817. The summed E-state index contributed by atoms with van der Waals surface area (Å²) in [4.78, 5) is 10.6. The van der Waals surface area contributed by atoms with Crippen LogP contribution in [0.3, 0.4) is 0 Å². The van der Waals surface area contributed by atoms with Gasteiger partial charge in [-0.2, -0.15) is 0 Å². The van der Waals surface area contributed by atoms with E-state index in [2.05, 4.69) is 38.1 Å². The molecule has 1 aromatic rings. The van der Waals surface area contributed by atoms with Crippen LogP contribution in [-0.2, 0) is 17.6 Å². The zero-order valence-electron chi connectivity index (χ0n) is 10.9. The standard InChI is InChI=1S/C15H22O2/c1-11(2)8-13-4-6-14(7-5-13)9-12(3)10-15(16)17/h4-7,11-12H,8-10H2,1-3H3,(H,16,17). The van der Waals surface area contributed by atoms with E-state index >= 15 is 0 Å². The molecule has 1 unspecified atom stereocenters. The lowest BCUT2D eigenvalue weighted by Gasteiger charge is -2.10. The molecule has 0 heterocycles. The van der Waals surface area contributed by atoms with E-state index in [1.807, 2.05) is 6.92 Å². The Bertz CT molecular complexity index is 352. The Morgan fingerprint density at radius 2 is 1.53 bits per heavy atom. The Labute approximate surface area is 104 Å². The molecule has 0 aromatic heterocycles. The highest BCUT2D eigenvalue weighted by Crippen LogP contribution is 2.14. The molecule has 0 saturated heterocycles. The molecule has 0 aliphatic heterocycles. The van der Waals surface area contributed by atoms with Gasteiger partial charge in [0.15, 0.2) is 0 Å². The second kappa shape index (κ2) is 6.43. The van der Waals surface area contributed by atoms with Gasteiger partial charge in [0.05, 0.1) is 0 Å². The van der Waals surface area contributed by atoms with Crippen molar-refractivity contribution >= 4 is 5.97 Å². The fraction of sp³-hybridized carbons (Fsp3) is 0.533. The van der Waals surface area contributed by atoms with Crippen LogP contribution in [0.15, 0.2) is 24.3 Å². The Balaban J connectivity index is 2.53. The van der Waals surface area contributed by atoms with Crippen molar-refractivity contribution in [2.75, 3.05) is 0 Å². The lowest BCUT2D eigenvalue weighted by molar-refractivity contribution is -0.137. The van der Waals surface area contributed by atoms with Crippen LogP contribution < -0.4 is 0 Å². The van der Waals surface area contributed by atoms with Gasteiger partial charge in [-0.1, -0.05) is 45.0 Å². The van der Waals surface area contributed by atoms with Crippen molar-refractivity contribution in [2.45, 2.75) is 40.0 Å². The van der Waals surface area contributed by atoms with Gasteiger partial charge in [0.25, 0.3) is 0 Å². The second-order valence-corrected chi connectivity index (χ2v) is 5.32. The molecule has 0 radical (unpaired) electrons. The maximum atomic E-state index is 10.6. The molecule has 1 atom stereocenters. The largest absolute Gasteiger partial charge is 0.481 e. The molecule has 1 aromatic carbocycles. The van der Waals surface area contributed by atoms with Gasteiger partial charge < -0.3 is 5.11 Å². The van der Waals surface area contributed by atoms with E-state index in [0.717, 1.165) is 12.8 Å². The van der Waals surface area contributed by atoms with Crippen LogP contribution in [0.25, 0.3) is 0 Å². The number of hydrogen-bond acceptors (Lipinski definition) is 1. The molecule has 0 aliphatic rings. The lowest BCUT2D eigenvalue weighted by atomic mass is 9.96. The van der Waals surface area contributed by atoms with Gasteiger partial charge in [0.1, 0.15) is 0 Å². The van der Waals surface area contributed by atoms with Crippen LogP contribution in [0, 0.1) is 11.8 Å².